The van der Waals surface area contributed by atoms with Crippen molar-refractivity contribution in [2.24, 2.45) is 0 Å². The molecule has 0 bridgehead atoms. The van der Waals surface area contributed by atoms with Crippen molar-refractivity contribution < 1.29 is 30.7 Å². The number of fused-ring (bicyclic) bond motifs is 1. The molecule has 0 N–H and O–H groups in total. The number of aromatic nitrogens is 1. The van der Waals surface area contributed by atoms with Crippen molar-refractivity contribution in [3.05, 3.63) is 114 Å². The van der Waals surface area contributed by atoms with Gasteiger partial charge in [-0.25, -0.2) is 0 Å². The Kier molecular flexibility index (Phi) is 7.16. The fraction of sp³-hybridized carbons (Fsp3) is 0.206. The molecule has 0 fully saturated rings. The van der Waals surface area contributed by atoms with Crippen molar-refractivity contribution in [2.75, 3.05) is 0 Å². The van der Waals surface area contributed by atoms with Gasteiger partial charge < -0.3 is 0 Å². The largest absolute Gasteiger partial charge is 0.460 e. The van der Waals surface area contributed by atoms with Crippen LogP contribution in [0.5, 0.6) is 0 Å². The summed E-state index contributed by atoms with van der Waals surface area (Å²) in [5, 5.41) is 2.30. The van der Waals surface area contributed by atoms with Gasteiger partial charge in [-0.1, -0.05) is 93.6 Å². The average Bonchev–Trinajstić information content (AvgIpc) is 2.95. The highest BCUT2D eigenvalue weighted by atomic mass is 19.4. The summed E-state index contributed by atoms with van der Waals surface area (Å²) in [4.78, 5) is 4.61. The van der Waals surface area contributed by atoms with E-state index >= 15 is 0 Å². The minimum Gasteiger partial charge on any atom is -0.256 e. The maximum absolute atomic E-state index is 14.0. The van der Waals surface area contributed by atoms with Crippen LogP contribution in [0.25, 0.3) is 44.3 Å². The second-order valence-corrected chi connectivity index (χ2v) is 11.2. The normalized spacial score (nSPS) is 13.0. The van der Waals surface area contributed by atoms with Gasteiger partial charge in [0.2, 0.25) is 0 Å². The molecule has 0 saturated heterocycles. The number of benzene rings is 4. The van der Waals surface area contributed by atoms with E-state index in [1.807, 2.05) is 36.4 Å². The molecule has 1 aromatic heterocycles. The van der Waals surface area contributed by atoms with Crippen molar-refractivity contribution in [1.29, 1.82) is 0 Å². The summed E-state index contributed by atoms with van der Waals surface area (Å²) in [6.07, 6.45) is -4.67. The molecule has 0 unspecified atom stereocenters. The zero-order valence-corrected chi connectivity index (χ0v) is 22.9. The highest BCUT2D eigenvalue weighted by Gasteiger charge is 2.73. The molecule has 0 atom stereocenters. The zero-order chi connectivity index (χ0) is 30.5. The number of nitrogens with zero attached hydrogens (tertiary/aromatic N) is 1. The van der Waals surface area contributed by atoms with Gasteiger partial charge in [0.15, 0.2) is 0 Å². The molecule has 0 aliphatic carbocycles. The van der Waals surface area contributed by atoms with Gasteiger partial charge in [-0.3, -0.25) is 4.98 Å². The predicted octanol–water partition coefficient (Wildman–Crippen LogP) is 10.8. The second-order valence-electron chi connectivity index (χ2n) is 11.2. The Morgan fingerprint density at radius 1 is 0.548 bits per heavy atom. The highest BCUT2D eigenvalue weighted by molar-refractivity contribution is 5.91. The smallest absolute Gasteiger partial charge is 0.256 e. The standard InChI is InChI=1S/C34H26F7N/c1-31(2,3)29-19-26(18-25-6-4-5-7-28(25)29)30-20-24(16-17-42-30)23-10-8-21(9-11-23)22-12-14-27(15-13-22)32(35,36)33(37,38)34(39,40)41/h4-20H,1-3H3. The molecule has 0 radical (unpaired) electrons. The van der Waals surface area contributed by atoms with Crippen LogP contribution in [0.1, 0.15) is 31.9 Å². The summed E-state index contributed by atoms with van der Waals surface area (Å²) >= 11 is 0. The summed E-state index contributed by atoms with van der Waals surface area (Å²) in [6.45, 7) is 6.50. The molecule has 0 amide bonds. The SMILES string of the molecule is CC(C)(C)c1cc(-c2cc(-c3ccc(-c4ccc(C(F)(F)C(F)(F)C(F)(F)F)cc4)cc3)ccn2)cc2ccccc12. The Bertz CT molecular complexity index is 1730. The quantitative estimate of drug-likeness (QED) is 0.188. The summed E-state index contributed by atoms with van der Waals surface area (Å²) in [5.74, 6) is -11.6. The molecule has 0 spiro atoms. The molecule has 5 aromatic rings. The fourth-order valence-corrected chi connectivity index (χ4v) is 4.93. The number of alkyl halides is 7. The van der Waals surface area contributed by atoms with E-state index in [2.05, 4.69) is 50.0 Å². The first-order valence-corrected chi connectivity index (χ1v) is 13.1. The highest BCUT2D eigenvalue weighted by Crippen LogP contribution is 2.52. The number of rotatable bonds is 5. The Balaban J connectivity index is 1.43. The number of pyridine rings is 1. The van der Waals surface area contributed by atoms with Crippen molar-refractivity contribution in [3.8, 4) is 33.5 Å². The van der Waals surface area contributed by atoms with Gasteiger partial charge in [0, 0.05) is 17.3 Å². The molecule has 8 heteroatoms. The van der Waals surface area contributed by atoms with E-state index in [1.165, 1.54) is 10.9 Å². The van der Waals surface area contributed by atoms with Crippen molar-refractivity contribution >= 4 is 10.8 Å². The summed E-state index contributed by atoms with van der Waals surface area (Å²) in [5.41, 5.74) is 4.18. The van der Waals surface area contributed by atoms with Crippen LogP contribution in [-0.4, -0.2) is 17.1 Å². The van der Waals surface area contributed by atoms with Crippen molar-refractivity contribution in [1.82, 2.24) is 4.98 Å². The minimum absolute atomic E-state index is 0.0869. The van der Waals surface area contributed by atoms with Gasteiger partial charge in [0.1, 0.15) is 0 Å². The molecule has 0 saturated carbocycles. The van der Waals surface area contributed by atoms with Gasteiger partial charge in [-0.15, -0.1) is 0 Å². The zero-order valence-electron chi connectivity index (χ0n) is 22.9. The van der Waals surface area contributed by atoms with Crippen LogP contribution in [0, 0.1) is 0 Å². The van der Waals surface area contributed by atoms with Crippen LogP contribution < -0.4 is 0 Å². The average molecular weight is 582 g/mol. The van der Waals surface area contributed by atoms with Gasteiger partial charge >= 0.3 is 18.0 Å². The number of hydrogen-bond donors (Lipinski definition) is 0. The second kappa shape index (κ2) is 10.3. The first-order valence-electron chi connectivity index (χ1n) is 13.1. The van der Waals surface area contributed by atoms with Gasteiger partial charge in [-0.05, 0) is 68.3 Å². The molecule has 42 heavy (non-hydrogen) atoms. The van der Waals surface area contributed by atoms with E-state index in [-0.39, 0.29) is 5.41 Å². The van der Waals surface area contributed by atoms with Crippen LogP contribution in [0.4, 0.5) is 30.7 Å². The van der Waals surface area contributed by atoms with Crippen LogP contribution >= 0.6 is 0 Å². The summed E-state index contributed by atoms with van der Waals surface area (Å²) in [6, 6.07) is 26.8. The molecule has 5 rings (SSSR count). The first kappa shape index (κ1) is 29.3. The van der Waals surface area contributed by atoms with Crippen molar-refractivity contribution in [3.63, 3.8) is 0 Å². The topological polar surface area (TPSA) is 12.9 Å². The van der Waals surface area contributed by atoms with Crippen molar-refractivity contribution in [2.45, 2.75) is 44.2 Å². The lowest BCUT2D eigenvalue weighted by molar-refractivity contribution is -0.359. The third kappa shape index (κ3) is 5.26. The van der Waals surface area contributed by atoms with Crippen LogP contribution in [0.3, 0.4) is 0 Å². The number of halogens is 7. The first-order chi connectivity index (χ1) is 19.6. The molecule has 0 aliphatic heterocycles. The van der Waals surface area contributed by atoms with E-state index in [0.29, 0.717) is 23.3 Å². The fourth-order valence-electron chi connectivity index (χ4n) is 4.93. The van der Waals surface area contributed by atoms with E-state index < -0.39 is 23.6 Å². The predicted molar refractivity (Wildman–Crippen MR) is 152 cm³/mol. The minimum atomic E-state index is -6.39. The molecular formula is C34H26F7N. The Morgan fingerprint density at radius 2 is 1.10 bits per heavy atom. The lowest BCUT2D eigenvalue weighted by atomic mass is 9.82. The summed E-state index contributed by atoms with van der Waals surface area (Å²) in [7, 11) is 0. The van der Waals surface area contributed by atoms with Crippen LogP contribution in [0.2, 0.25) is 0 Å². The van der Waals surface area contributed by atoms with Gasteiger partial charge in [0.05, 0.1) is 5.69 Å². The lowest BCUT2D eigenvalue weighted by Gasteiger charge is -2.28. The maximum Gasteiger partial charge on any atom is 0.460 e. The van der Waals surface area contributed by atoms with Gasteiger partial charge in [0.25, 0.3) is 0 Å². The summed E-state index contributed by atoms with van der Waals surface area (Å²) < 4.78 is 92.6. The van der Waals surface area contributed by atoms with E-state index in [1.54, 1.807) is 18.3 Å². The molecule has 1 nitrogen and oxygen atoms in total. The Labute approximate surface area is 238 Å². The Hall–Kier alpha value is -4.20. The lowest BCUT2D eigenvalue weighted by Crippen LogP contribution is -2.49. The van der Waals surface area contributed by atoms with E-state index in [4.69, 9.17) is 0 Å². The third-order valence-electron chi connectivity index (χ3n) is 7.27. The monoisotopic (exact) mass is 581 g/mol. The molecule has 1 heterocycles. The Morgan fingerprint density at radius 3 is 1.67 bits per heavy atom. The van der Waals surface area contributed by atoms with E-state index in [0.717, 1.165) is 39.9 Å². The molecular weight excluding hydrogens is 555 g/mol. The maximum atomic E-state index is 14.0. The molecule has 4 aromatic carbocycles. The molecule has 0 aliphatic rings. The molecule has 216 valence electrons. The van der Waals surface area contributed by atoms with E-state index in [9.17, 15) is 30.7 Å². The number of hydrogen-bond acceptors (Lipinski definition) is 1. The van der Waals surface area contributed by atoms with Gasteiger partial charge in [-0.2, -0.15) is 30.7 Å². The third-order valence-corrected chi connectivity index (χ3v) is 7.27. The van der Waals surface area contributed by atoms with Crippen LogP contribution in [0.15, 0.2) is 103 Å². The van der Waals surface area contributed by atoms with Crippen LogP contribution in [-0.2, 0) is 11.3 Å².